The minimum Gasteiger partial charge on any atom is -0.346 e. The molecular weight excluding hydrogens is 290 g/mol. The molecular formula is C15H19NO4S. The van der Waals surface area contributed by atoms with E-state index in [0.29, 0.717) is 18.5 Å². The Balaban J connectivity index is 1.80. The van der Waals surface area contributed by atoms with Gasteiger partial charge in [-0.25, -0.2) is 0 Å². The molecule has 2 fully saturated rings. The lowest BCUT2D eigenvalue weighted by molar-refractivity contribution is -0.387. The number of hydrogen-bond donors (Lipinski definition) is 0. The summed E-state index contributed by atoms with van der Waals surface area (Å²) in [5.41, 5.74) is 0.898. The topological polar surface area (TPSA) is 61.6 Å². The SMILES string of the molecule is O=[N+]([O-])c1cc(C2OCCO2)ccc1SC1CCCCC1. The van der Waals surface area contributed by atoms with Crippen LogP contribution in [0.3, 0.4) is 0 Å². The van der Waals surface area contributed by atoms with E-state index in [1.165, 1.54) is 19.3 Å². The average molecular weight is 309 g/mol. The number of thioether (sulfide) groups is 1. The molecule has 1 saturated carbocycles. The molecule has 114 valence electrons. The van der Waals surface area contributed by atoms with Crippen molar-refractivity contribution < 1.29 is 14.4 Å². The smallest absolute Gasteiger partial charge is 0.283 e. The Hall–Kier alpha value is -1.11. The Morgan fingerprint density at radius 1 is 1.14 bits per heavy atom. The lowest BCUT2D eigenvalue weighted by atomic mass is 10.0. The van der Waals surface area contributed by atoms with Gasteiger partial charge in [-0.2, -0.15) is 0 Å². The van der Waals surface area contributed by atoms with E-state index in [1.807, 2.05) is 12.1 Å². The third-order valence-electron chi connectivity index (χ3n) is 3.92. The van der Waals surface area contributed by atoms with Gasteiger partial charge < -0.3 is 9.47 Å². The maximum Gasteiger partial charge on any atom is 0.283 e. The second-order valence-corrected chi connectivity index (χ2v) is 6.78. The molecule has 6 heteroatoms. The number of nitro benzene ring substituents is 1. The number of ether oxygens (including phenoxy) is 2. The molecule has 1 aliphatic heterocycles. The van der Waals surface area contributed by atoms with Gasteiger partial charge in [0.2, 0.25) is 0 Å². The largest absolute Gasteiger partial charge is 0.346 e. The van der Waals surface area contributed by atoms with Gasteiger partial charge in [-0.1, -0.05) is 25.3 Å². The van der Waals surface area contributed by atoms with Gasteiger partial charge in [0.25, 0.3) is 5.69 Å². The summed E-state index contributed by atoms with van der Waals surface area (Å²) >= 11 is 1.65. The van der Waals surface area contributed by atoms with Crippen molar-refractivity contribution in [2.75, 3.05) is 13.2 Å². The van der Waals surface area contributed by atoms with Gasteiger partial charge >= 0.3 is 0 Å². The average Bonchev–Trinajstić information content (AvgIpc) is 3.03. The second kappa shape index (κ2) is 6.77. The van der Waals surface area contributed by atoms with Crippen molar-refractivity contribution >= 4 is 17.4 Å². The molecule has 0 bridgehead atoms. The van der Waals surface area contributed by atoms with Gasteiger partial charge in [-0.05, 0) is 18.9 Å². The molecule has 0 spiro atoms. The Labute approximate surface area is 128 Å². The first-order chi connectivity index (χ1) is 10.2. The number of nitro groups is 1. The molecule has 0 amide bonds. The van der Waals surface area contributed by atoms with Crippen LogP contribution >= 0.6 is 11.8 Å². The number of rotatable bonds is 4. The van der Waals surface area contributed by atoms with Crippen molar-refractivity contribution in [3.63, 3.8) is 0 Å². The minimum atomic E-state index is -0.461. The fraction of sp³-hybridized carbons (Fsp3) is 0.600. The van der Waals surface area contributed by atoms with Crippen LogP contribution in [-0.2, 0) is 9.47 Å². The van der Waals surface area contributed by atoms with Crippen molar-refractivity contribution in [1.29, 1.82) is 0 Å². The summed E-state index contributed by atoms with van der Waals surface area (Å²) in [5, 5.41) is 11.8. The lowest BCUT2D eigenvalue weighted by Gasteiger charge is -2.21. The maximum atomic E-state index is 11.3. The molecule has 0 radical (unpaired) electrons. The van der Waals surface area contributed by atoms with Crippen LogP contribution in [0.25, 0.3) is 0 Å². The molecule has 1 saturated heterocycles. The first-order valence-corrected chi connectivity index (χ1v) is 8.30. The van der Waals surface area contributed by atoms with E-state index in [4.69, 9.17) is 9.47 Å². The standard InChI is InChI=1S/C15H19NO4S/c17-16(18)13-10-11(15-19-8-9-20-15)6-7-14(13)21-12-4-2-1-3-5-12/h6-7,10,12,15H,1-5,8-9H2. The fourth-order valence-electron chi connectivity index (χ4n) is 2.84. The summed E-state index contributed by atoms with van der Waals surface area (Å²) < 4.78 is 10.8. The summed E-state index contributed by atoms with van der Waals surface area (Å²) in [6.45, 7) is 1.08. The predicted molar refractivity (Wildman–Crippen MR) is 80.5 cm³/mol. The Morgan fingerprint density at radius 2 is 1.86 bits per heavy atom. The van der Waals surface area contributed by atoms with Crippen molar-refractivity contribution in [2.45, 2.75) is 48.5 Å². The molecule has 1 aromatic rings. The zero-order chi connectivity index (χ0) is 14.7. The lowest BCUT2D eigenvalue weighted by Crippen LogP contribution is -2.08. The van der Waals surface area contributed by atoms with E-state index in [0.717, 1.165) is 23.3 Å². The highest BCUT2D eigenvalue weighted by Gasteiger charge is 2.25. The zero-order valence-corrected chi connectivity index (χ0v) is 12.6. The summed E-state index contributed by atoms with van der Waals surface area (Å²) in [4.78, 5) is 11.8. The minimum absolute atomic E-state index is 0.169. The van der Waals surface area contributed by atoms with Crippen LogP contribution in [0.2, 0.25) is 0 Å². The number of hydrogen-bond acceptors (Lipinski definition) is 5. The van der Waals surface area contributed by atoms with Crippen LogP contribution in [0.4, 0.5) is 5.69 Å². The third kappa shape index (κ3) is 3.56. The summed E-state index contributed by atoms with van der Waals surface area (Å²) in [6, 6.07) is 5.33. The fourth-order valence-corrected chi connectivity index (χ4v) is 4.17. The molecule has 0 N–H and O–H groups in total. The molecule has 3 rings (SSSR count). The van der Waals surface area contributed by atoms with Crippen molar-refractivity contribution in [3.8, 4) is 0 Å². The molecule has 0 aromatic heterocycles. The summed E-state index contributed by atoms with van der Waals surface area (Å²) in [6.07, 6.45) is 5.59. The van der Waals surface area contributed by atoms with E-state index in [-0.39, 0.29) is 10.6 Å². The highest BCUT2D eigenvalue weighted by atomic mass is 32.2. The van der Waals surface area contributed by atoms with Crippen LogP contribution in [0.15, 0.2) is 23.1 Å². The molecule has 0 atom stereocenters. The zero-order valence-electron chi connectivity index (χ0n) is 11.8. The number of benzene rings is 1. The summed E-state index contributed by atoms with van der Waals surface area (Å²) in [7, 11) is 0. The molecule has 2 aliphatic rings. The van der Waals surface area contributed by atoms with Gasteiger partial charge in [0.05, 0.1) is 23.0 Å². The first-order valence-electron chi connectivity index (χ1n) is 7.42. The van der Waals surface area contributed by atoms with E-state index in [2.05, 4.69) is 0 Å². The van der Waals surface area contributed by atoms with E-state index >= 15 is 0 Å². The molecule has 1 aliphatic carbocycles. The highest BCUT2D eigenvalue weighted by molar-refractivity contribution is 8.00. The molecule has 1 aromatic carbocycles. The molecule has 21 heavy (non-hydrogen) atoms. The Kier molecular flexibility index (Phi) is 4.77. The second-order valence-electron chi connectivity index (χ2n) is 5.44. The van der Waals surface area contributed by atoms with Crippen molar-refractivity contribution in [3.05, 3.63) is 33.9 Å². The molecule has 1 heterocycles. The molecule has 5 nitrogen and oxygen atoms in total. The Morgan fingerprint density at radius 3 is 2.52 bits per heavy atom. The quantitative estimate of drug-likeness (QED) is 0.620. The summed E-state index contributed by atoms with van der Waals surface area (Å²) in [5.74, 6) is 0. The van der Waals surface area contributed by atoms with Crippen LogP contribution in [0, 0.1) is 10.1 Å². The monoisotopic (exact) mass is 309 g/mol. The van der Waals surface area contributed by atoms with E-state index in [9.17, 15) is 10.1 Å². The van der Waals surface area contributed by atoms with Gasteiger partial charge in [-0.3, -0.25) is 10.1 Å². The molecule has 0 unspecified atom stereocenters. The van der Waals surface area contributed by atoms with E-state index < -0.39 is 6.29 Å². The highest BCUT2D eigenvalue weighted by Crippen LogP contribution is 2.39. The number of nitrogens with zero attached hydrogens (tertiary/aromatic N) is 1. The van der Waals surface area contributed by atoms with Crippen LogP contribution < -0.4 is 0 Å². The predicted octanol–water partition coefficient (Wildman–Crippen LogP) is 4.07. The third-order valence-corrected chi connectivity index (χ3v) is 5.32. The van der Waals surface area contributed by atoms with Gasteiger partial charge in [-0.15, -0.1) is 11.8 Å². The van der Waals surface area contributed by atoms with Crippen molar-refractivity contribution in [1.82, 2.24) is 0 Å². The normalized spacial score (nSPS) is 20.8. The van der Waals surface area contributed by atoms with Crippen LogP contribution in [0.5, 0.6) is 0 Å². The maximum absolute atomic E-state index is 11.3. The van der Waals surface area contributed by atoms with E-state index in [1.54, 1.807) is 17.8 Å². The first kappa shape index (κ1) is 14.8. The van der Waals surface area contributed by atoms with Gasteiger partial charge in [0, 0.05) is 16.9 Å². The van der Waals surface area contributed by atoms with Gasteiger partial charge in [0.15, 0.2) is 6.29 Å². The Bertz CT molecular complexity index is 510. The van der Waals surface area contributed by atoms with Crippen LogP contribution in [-0.4, -0.2) is 23.4 Å². The van der Waals surface area contributed by atoms with Gasteiger partial charge in [0.1, 0.15) is 0 Å². The van der Waals surface area contributed by atoms with Crippen LogP contribution in [0.1, 0.15) is 44.0 Å². The van der Waals surface area contributed by atoms with Crippen molar-refractivity contribution in [2.24, 2.45) is 0 Å².